The van der Waals surface area contributed by atoms with E-state index >= 15 is 0 Å². The monoisotopic (exact) mass is 361 g/mol. The van der Waals surface area contributed by atoms with E-state index in [4.69, 9.17) is 4.74 Å². The number of hydrogen-bond donors (Lipinski definition) is 1. The molecule has 4 nitrogen and oxygen atoms in total. The van der Waals surface area contributed by atoms with Gasteiger partial charge in [0.25, 0.3) is 5.91 Å². The summed E-state index contributed by atoms with van der Waals surface area (Å²) in [7, 11) is 0. The zero-order chi connectivity index (χ0) is 19.4. The highest BCUT2D eigenvalue weighted by Gasteiger charge is 2.27. The van der Waals surface area contributed by atoms with Crippen molar-refractivity contribution in [3.8, 4) is 5.75 Å². The summed E-state index contributed by atoms with van der Waals surface area (Å²) < 4.78 is 5.65. The molecule has 3 aromatic rings. The quantitative estimate of drug-likeness (QED) is 0.537. The van der Waals surface area contributed by atoms with Gasteiger partial charge in [-0.2, -0.15) is 0 Å². The number of aryl methyl sites for hydroxylation is 1. The molecule has 0 bridgehead atoms. The van der Waals surface area contributed by atoms with Crippen LogP contribution in [-0.2, 0) is 4.79 Å². The molecular formula is C23H23NO3. The topological polar surface area (TPSA) is 55.4 Å². The van der Waals surface area contributed by atoms with Gasteiger partial charge in [0.05, 0.1) is 0 Å². The van der Waals surface area contributed by atoms with Crippen LogP contribution in [0.25, 0.3) is 10.8 Å². The lowest BCUT2D eigenvalue weighted by Gasteiger charge is -2.21. The third kappa shape index (κ3) is 4.34. The SMILES string of the molecule is Cc1ccc(C(=O)N[C@H](C(=O)Oc2cccc3ccccc23)C(C)C)cc1. The van der Waals surface area contributed by atoms with Gasteiger partial charge in [0.15, 0.2) is 0 Å². The highest BCUT2D eigenvalue weighted by Crippen LogP contribution is 2.26. The first-order valence-electron chi connectivity index (χ1n) is 9.02. The molecule has 0 aliphatic carbocycles. The molecule has 0 saturated carbocycles. The molecule has 3 rings (SSSR count). The van der Waals surface area contributed by atoms with E-state index in [1.54, 1.807) is 18.2 Å². The van der Waals surface area contributed by atoms with E-state index in [1.165, 1.54) is 0 Å². The maximum atomic E-state index is 12.8. The van der Waals surface area contributed by atoms with E-state index in [-0.39, 0.29) is 11.8 Å². The van der Waals surface area contributed by atoms with E-state index in [1.807, 2.05) is 69.3 Å². The van der Waals surface area contributed by atoms with Crippen molar-refractivity contribution < 1.29 is 14.3 Å². The Labute approximate surface area is 159 Å². The fraction of sp³-hybridized carbons (Fsp3) is 0.217. The van der Waals surface area contributed by atoms with Gasteiger partial charge in [-0.1, -0.05) is 67.9 Å². The number of rotatable bonds is 5. The van der Waals surface area contributed by atoms with Crippen molar-refractivity contribution in [2.24, 2.45) is 5.92 Å². The predicted octanol–water partition coefficient (Wildman–Crippen LogP) is 4.51. The molecule has 1 N–H and O–H groups in total. The second-order valence-electron chi connectivity index (χ2n) is 6.96. The number of carbonyl (C=O) groups is 2. The van der Waals surface area contributed by atoms with Crippen LogP contribution in [0.5, 0.6) is 5.75 Å². The van der Waals surface area contributed by atoms with Crippen LogP contribution in [0.4, 0.5) is 0 Å². The Hall–Kier alpha value is -3.14. The first-order chi connectivity index (χ1) is 13.0. The lowest BCUT2D eigenvalue weighted by Crippen LogP contribution is -2.46. The second-order valence-corrected chi connectivity index (χ2v) is 6.96. The van der Waals surface area contributed by atoms with Crippen molar-refractivity contribution in [1.82, 2.24) is 5.32 Å². The van der Waals surface area contributed by atoms with Crippen LogP contribution >= 0.6 is 0 Å². The maximum Gasteiger partial charge on any atom is 0.334 e. The van der Waals surface area contributed by atoms with Crippen molar-refractivity contribution >= 4 is 22.6 Å². The van der Waals surface area contributed by atoms with Crippen molar-refractivity contribution in [2.45, 2.75) is 26.8 Å². The van der Waals surface area contributed by atoms with E-state index in [0.717, 1.165) is 16.3 Å². The molecule has 1 atom stereocenters. The molecule has 0 unspecified atom stereocenters. The van der Waals surface area contributed by atoms with Gasteiger partial charge in [0, 0.05) is 10.9 Å². The summed E-state index contributed by atoms with van der Waals surface area (Å²) in [5.74, 6) is -0.374. The summed E-state index contributed by atoms with van der Waals surface area (Å²) >= 11 is 0. The number of amides is 1. The van der Waals surface area contributed by atoms with Gasteiger partial charge in [-0.15, -0.1) is 0 Å². The third-order valence-electron chi connectivity index (χ3n) is 4.48. The van der Waals surface area contributed by atoms with E-state index in [2.05, 4.69) is 5.32 Å². The fourth-order valence-corrected chi connectivity index (χ4v) is 2.88. The molecule has 0 radical (unpaired) electrons. The third-order valence-corrected chi connectivity index (χ3v) is 4.48. The second kappa shape index (κ2) is 8.04. The number of esters is 1. The number of fused-ring (bicyclic) bond motifs is 1. The minimum atomic E-state index is -0.738. The van der Waals surface area contributed by atoms with E-state index in [9.17, 15) is 9.59 Å². The molecule has 27 heavy (non-hydrogen) atoms. The predicted molar refractivity (Wildman–Crippen MR) is 107 cm³/mol. The standard InChI is InChI=1S/C23H23NO3/c1-15(2)21(24-22(25)18-13-11-16(3)12-14-18)23(26)27-20-10-6-8-17-7-4-5-9-19(17)20/h4-15,21H,1-3H3,(H,24,25)/t21-/m0/s1. The highest BCUT2D eigenvalue weighted by molar-refractivity contribution is 5.97. The van der Waals surface area contributed by atoms with Gasteiger partial charge in [-0.3, -0.25) is 4.79 Å². The first kappa shape index (κ1) is 18.6. The van der Waals surface area contributed by atoms with Crippen molar-refractivity contribution in [1.29, 1.82) is 0 Å². The molecule has 0 spiro atoms. The number of carbonyl (C=O) groups excluding carboxylic acids is 2. The van der Waals surface area contributed by atoms with Gasteiger partial charge in [-0.05, 0) is 36.4 Å². The lowest BCUT2D eigenvalue weighted by molar-refractivity contribution is -0.137. The Morgan fingerprint density at radius 3 is 2.26 bits per heavy atom. The Kier molecular flexibility index (Phi) is 5.55. The van der Waals surface area contributed by atoms with Crippen molar-refractivity contribution in [2.75, 3.05) is 0 Å². The Morgan fingerprint density at radius 1 is 0.889 bits per heavy atom. The number of hydrogen-bond acceptors (Lipinski definition) is 3. The summed E-state index contributed by atoms with van der Waals surface area (Å²) in [5.41, 5.74) is 1.59. The van der Waals surface area contributed by atoms with Crippen LogP contribution in [0.15, 0.2) is 66.7 Å². The minimum absolute atomic E-state index is 0.109. The Balaban J connectivity index is 1.79. The van der Waals surface area contributed by atoms with Crippen LogP contribution in [0.2, 0.25) is 0 Å². The van der Waals surface area contributed by atoms with Crippen molar-refractivity contribution in [3.05, 3.63) is 77.9 Å². The highest BCUT2D eigenvalue weighted by atomic mass is 16.5. The first-order valence-corrected chi connectivity index (χ1v) is 9.02. The van der Waals surface area contributed by atoms with Crippen LogP contribution in [0.1, 0.15) is 29.8 Å². The molecule has 0 aliphatic rings. The average Bonchev–Trinajstić information content (AvgIpc) is 2.66. The smallest absolute Gasteiger partial charge is 0.334 e. The summed E-state index contributed by atoms with van der Waals surface area (Å²) in [4.78, 5) is 25.3. The van der Waals surface area contributed by atoms with Crippen LogP contribution in [0.3, 0.4) is 0 Å². The van der Waals surface area contributed by atoms with Crippen molar-refractivity contribution in [3.63, 3.8) is 0 Å². The molecule has 0 heterocycles. The summed E-state index contributed by atoms with van der Waals surface area (Å²) in [6, 6.07) is 19.8. The Morgan fingerprint density at radius 2 is 1.56 bits per heavy atom. The van der Waals surface area contributed by atoms with Crippen LogP contribution in [0, 0.1) is 12.8 Å². The molecule has 0 aromatic heterocycles. The molecular weight excluding hydrogens is 338 g/mol. The molecule has 4 heteroatoms. The fourth-order valence-electron chi connectivity index (χ4n) is 2.88. The van der Waals surface area contributed by atoms with Gasteiger partial charge in [0.2, 0.25) is 0 Å². The number of benzene rings is 3. The largest absolute Gasteiger partial charge is 0.424 e. The van der Waals surface area contributed by atoms with Gasteiger partial charge < -0.3 is 10.1 Å². The normalized spacial score (nSPS) is 12.0. The average molecular weight is 361 g/mol. The number of nitrogens with one attached hydrogen (secondary N) is 1. The van der Waals surface area contributed by atoms with E-state index in [0.29, 0.717) is 11.3 Å². The zero-order valence-electron chi connectivity index (χ0n) is 15.7. The van der Waals surface area contributed by atoms with Gasteiger partial charge in [0.1, 0.15) is 11.8 Å². The number of ether oxygens (including phenoxy) is 1. The van der Waals surface area contributed by atoms with Crippen LogP contribution < -0.4 is 10.1 Å². The maximum absolute atomic E-state index is 12.8. The molecule has 0 fully saturated rings. The van der Waals surface area contributed by atoms with Gasteiger partial charge >= 0.3 is 5.97 Å². The molecule has 138 valence electrons. The summed E-state index contributed by atoms with van der Waals surface area (Å²) in [6.45, 7) is 5.72. The summed E-state index contributed by atoms with van der Waals surface area (Å²) in [6.07, 6.45) is 0. The molecule has 0 aliphatic heterocycles. The zero-order valence-corrected chi connectivity index (χ0v) is 15.7. The molecule has 1 amide bonds. The van der Waals surface area contributed by atoms with E-state index < -0.39 is 12.0 Å². The summed E-state index contributed by atoms with van der Waals surface area (Å²) in [5, 5.41) is 4.66. The molecule has 3 aromatic carbocycles. The minimum Gasteiger partial charge on any atom is -0.424 e. The Bertz CT molecular complexity index is 956. The lowest BCUT2D eigenvalue weighted by atomic mass is 10.0. The van der Waals surface area contributed by atoms with Crippen LogP contribution in [-0.4, -0.2) is 17.9 Å². The van der Waals surface area contributed by atoms with Gasteiger partial charge in [-0.25, -0.2) is 4.79 Å². The molecule has 0 saturated heterocycles.